The summed E-state index contributed by atoms with van der Waals surface area (Å²) in [6.07, 6.45) is 4.73. The van der Waals surface area contributed by atoms with Crippen molar-refractivity contribution >= 4 is 48.5 Å². The fourth-order valence-corrected chi connectivity index (χ4v) is 9.07. The molecular formula is C11H16Cl3PZr. The van der Waals surface area contributed by atoms with Crippen LogP contribution in [0, 0.1) is 0 Å². The van der Waals surface area contributed by atoms with Crippen LogP contribution in [0.1, 0.15) is 14.8 Å². The molecule has 0 saturated heterocycles. The van der Waals surface area contributed by atoms with Crippen molar-refractivity contribution in [3.8, 4) is 0 Å². The summed E-state index contributed by atoms with van der Waals surface area (Å²) >= 11 is -0.187. The van der Waals surface area contributed by atoms with Crippen LogP contribution < -0.4 is 0 Å². The summed E-state index contributed by atoms with van der Waals surface area (Å²) in [5, 5.41) is 0.383. The molecule has 1 aliphatic carbocycles. The van der Waals surface area contributed by atoms with Gasteiger partial charge in [-0.2, -0.15) is 0 Å². The molecule has 0 fully saturated rings. The first kappa shape index (κ1) is 19.5. The van der Waals surface area contributed by atoms with Gasteiger partial charge in [0, 0.05) is 0 Å². The molecule has 2 rings (SSSR count). The third-order valence-corrected chi connectivity index (χ3v) is 10.1. The number of halogens is 3. The van der Waals surface area contributed by atoms with Crippen LogP contribution in [-0.2, 0) is 22.7 Å². The van der Waals surface area contributed by atoms with Gasteiger partial charge in [-0.15, -0.1) is 37.2 Å². The fraction of sp³-hybridized carbons (Fsp3) is 0.273. The van der Waals surface area contributed by atoms with E-state index in [1.54, 1.807) is 5.56 Å². The van der Waals surface area contributed by atoms with E-state index in [1.807, 2.05) is 0 Å². The Balaban J connectivity index is 0. The molecule has 0 N–H and O–H groups in total. The van der Waals surface area contributed by atoms with E-state index in [-0.39, 0.29) is 59.9 Å². The van der Waals surface area contributed by atoms with Crippen molar-refractivity contribution in [2.75, 3.05) is 13.3 Å². The van der Waals surface area contributed by atoms with Crippen LogP contribution in [-0.4, -0.2) is 13.3 Å². The maximum atomic E-state index is 2.43. The maximum Gasteiger partial charge on any atom is -0.147 e. The molecule has 1 aromatic rings. The second-order valence-corrected chi connectivity index (χ2v) is 15.6. The summed E-state index contributed by atoms with van der Waals surface area (Å²) in [4.78, 5) is 0. The molecule has 1 aromatic carbocycles. The first-order valence-corrected chi connectivity index (χ1v) is 11.4. The normalized spacial score (nSPS) is 15.6. The maximum absolute atomic E-state index is 2.43. The standard InChI is InChI=1S/C9H7.C2H6P.3ClH.Zr/c1-2-5-9-7-3-6-8(9)4-1;1-3-2;;;;/h1-7H;1-2H3;3*1H;/q;-1;;;;+1. The fourth-order valence-electron chi connectivity index (χ4n) is 1.64. The number of rotatable bonds is 2. The smallest absolute Gasteiger partial charge is 0.147 e. The van der Waals surface area contributed by atoms with Crippen LogP contribution in [0.3, 0.4) is 0 Å². The molecule has 1 atom stereocenters. The van der Waals surface area contributed by atoms with E-state index in [2.05, 4.69) is 49.7 Å². The molecule has 0 bridgehead atoms. The van der Waals surface area contributed by atoms with Crippen LogP contribution in [0.5, 0.6) is 0 Å². The summed E-state index contributed by atoms with van der Waals surface area (Å²) in [6.45, 7) is 4.85. The van der Waals surface area contributed by atoms with Gasteiger partial charge >= 0.3 is 92.4 Å². The summed E-state index contributed by atoms with van der Waals surface area (Å²) < 4.78 is 0.862. The van der Waals surface area contributed by atoms with Crippen molar-refractivity contribution in [1.29, 1.82) is 0 Å². The average molecular weight is 377 g/mol. The van der Waals surface area contributed by atoms with Gasteiger partial charge in [0.25, 0.3) is 0 Å². The van der Waals surface area contributed by atoms with Gasteiger partial charge in [0.2, 0.25) is 0 Å². The van der Waals surface area contributed by atoms with E-state index in [0.717, 1.165) is 3.63 Å². The van der Waals surface area contributed by atoms with Crippen LogP contribution in [0.4, 0.5) is 0 Å². The van der Waals surface area contributed by atoms with Gasteiger partial charge in [-0.1, -0.05) is 0 Å². The molecule has 1 aliphatic rings. The Morgan fingerprint density at radius 1 is 1.06 bits per heavy atom. The molecule has 0 aromatic heterocycles. The monoisotopic (exact) mass is 374 g/mol. The van der Waals surface area contributed by atoms with Gasteiger partial charge in [0.15, 0.2) is 0 Å². The molecule has 0 aliphatic heterocycles. The van der Waals surface area contributed by atoms with Gasteiger partial charge in [-0.3, -0.25) is 0 Å². The van der Waals surface area contributed by atoms with Crippen LogP contribution in [0.15, 0.2) is 30.3 Å². The Hall–Kier alpha value is 1.14. The first-order valence-electron chi connectivity index (χ1n) is 4.48. The van der Waals surface area contributed by atoms with Crippen molar-refractivity contribution in [3.05, 3.63) is 41.5 Å². The number of allylic oxidation sites excluding steroid dienone is 1. The van der Waals surface area contributed by atoms with Gasteiger partial charge in [-0.25, -0.2) is 0 Å². The molecule has 0 saturated carbocycles. The Bertz CT molecular complexity index is 342. The Morgan fingerprint density at radius 3 is 2.31 bits per heavy atom. The quantitative estimate of drug-likeness (QED) is 0.653. The molecule has 16 heavy (non-hydrogen) atoms. The van der Waals surface area contributed by atoms with Gasteiger partial charge in [-0.05, 0) is 0 Å². The molecule has 0 spiro atoms. The molecule has 0 heterocycles. The number of benzene rings is 1. The average Bonchev–Trinajstić information content (AvgIpc) is 2.48. The first-order chi connectivity index (χ1) is 6.27. The largest absolute Gasteiger partial charge is 0.147 e. The van der Waals surface area contributed by atoms with Crippen LogP contribution in [0.25, 0.3) is 6.08 Å². The van der Waals surface area contributed by atoms with E-state index in [4.69, 9.17) is 0 Å². The number of hydrogen-bond donors (Lipinski definition) is 0. The molecule has 90 valence electrons. The zero-order chi connectivity index (χ0) is 9.26. The zero-order valence-electron chi connectivity index (χ0n) is 9.21. The second-order valence-electron chi connectivity index (χ2n) is 3.49. The van der Waals surface area contributed by atoms with Crippen LogP contribution in [0.2, 0.25) is 0 Å². The minimum atomic E-state index is -0.187. The summed E-state index contributed by atoms with van der Waals surface area (Å²) in [6, 6.07) is 8.85. The third kappa shape index (κ3) is 4.79. The predicted molar refractivity (Wildman–Crippen MR) is 78.7 cm³/mol. The minimum Gasteiger partial charge on any atom is -0.147 e. The zero-order valence-corrected chi connectivity index (χ0v) is 15.0. The van der Waals surface area contributed by atoms with Crippen molar-refractivity contribution in [1.82, 2.24) is 0 Å². The van der Waals surface area contributed by atoms with Crippen molar-refractivity contribution in [2.45, 2.75) is 3.63 Å². The topological polar surface area (TPSA) is 0 Å². The molecule has 5 heteroatoms. The second kappa shape index (κ2) is 9.12. The number of fused-ring (bicyclic) bond motifs is 1. The summed E-state index contributed by atoms with van der Waals surface area (Å²) in [5.41, 5.74) is 3.07. The molecule has 0 radical (unpaired) electrons. The number of hydrogen-bond acceptors (Lipinski definition) is 0. The molecular weight excluding hydrogens is 361 g/mol. The Labute approximate surface area is 128 Å². The molecule has 0 amide bonds. The van der Waals surface area contributed by atoms with Crippen molar-refractivity contribution in [2.24, 2.45) is 0 Å². The van der Waals surface area contributed by atoms with E-state index in [9.17, 15) is 0 Å². The minimum absolute atomic E-state index is 0. The Morgan fingerprint density at radius 2 is 1.69 bits per heavy atom. The predicted octanol–water partition coefficient (Wildman–Crippen LogP) is 4.76. The SMILES string of the molecule is C[P](C)[Zr][CH]1C=Cc2ccccc21.Cl.Cl.Cl. The van der Waals surface area contributed by atoms with E-state index < -0.39 is 0 Å². The van der Waals surface area contributed by atoms with Crippen molar-refractivity contribution in [3.63, 3.8) is 0 Å². The van der Waals surface area contributed by atoms with Crippen LogP contribution >= 0.6 is 42.4 Å². The van der Waals surface area contributed by atoms with Gasteiger partial charge < -0.3 is 0 Å². The third-order valence-electron chi connectivity index (χ3n) is 2.20. The molecule has 1 unspecified atom stereocenters. The molecule has 0 nitrogen and oxygen atoms in total. The van der Waals surface area contributed by atoms with Gasteiger partial charge in [0.05, 0.1) is 0 Å². The van der Waals surface area contributed by atoms with E-state index >= 15 is 0 Å². The van der Waals surface area contributed by atoms with Gasteiger partial charge in [0.1, 0.15) is 0 Å². The Kier molecular flexibility index (Phi) is 11.1. The van der Waals surface area contributed by atoms with E-state index in [0.29, 0.717) is 5.21 Å². The van der Waals surface area contributed by atoms with Crippen molar-refractivity contribution < 1.29 is 22.7 Å². The summed E-state index contributed by atoms with van der Waals surface area (Å²) in [7, 11) is 0. The van der Waals surface area contributed by atoms with E-state index in [1.165, 1.54) is 5.56 Å². The summed E-state index contributed by atoms with van der Waals surface area (Å²) in [5.74, 6) is 0.